The number of hydrogen-bond acceptors (Lipinski definition) is 4. The summed E-state index contributed by atoms with van der Waals surface area (Å²) < 4.78 is 9.99. The zero-order valence-electron chi connectivity index (χ0n) is 11.6. The van der Waals surface area contributed by atoms with Crippen LogP contribution in [0.1, 0.15) is 25.0 Å². The van der Waals surface area contributed by atoms with Crippen LogP contribution < -0.4 is 5.32 Å². The highest BCUT2D eigenvalue weighted by Crippen LogP contribution is 2.20. The van der Waals surface area contributed by atoms with E-state index < -0.39 is 12.3 Å². The molecule has 1 rings (SSSR count). The monoisotopic (exact) mass is 251 g/mol. The van der Waals surface area contributed by atoms with Crippen molar-refractivity contribution in [3.63, 3.8) is 0 Å². The summed E-state index contributed by atoms with van der Waals surface area (Å²) in [6.07, 6.45) is -0.528. The van der Waals surface area contributed by atoms with Gasteiger partial charge in [-0.15, -0.1) is 0 Å². The summed E-state index contributed by atoms with van der Waals surface area (Å²) in [6, 6.07) is 5.59. The Kier molecular flexibility index (Phi) is 5.16. The van der Waals surface area contributed by atoms with Crippen molar-refractivity contribution in [1.29, 1.82) is 0 Å². The highest BCUT2D eigenvalue weighted by Gasteiger charge is 2.18. The Morgan fingerprint density at radius 3 is 2.28 bits per heavy atom. The van der Waals surface area contributed by atoms with E-state index >= 15 is 0 Å². The molecule has 1 aromatic rings. The number of carbonyl (C=O) groups excluding carboxylic acids is 1. The maximum absolute atomic E-state index is 11.8. The van der Waals surface area contributed by atoms with Crippen molar-refractivity contribution >= 4 is 11.7 Å². The highest BCUT2D eigenvalue weighted by atomic mass is 16.7. The van der Waals surface area contributed by atoms with Gasteiger partial charge in [0.15, 0.2) is 6.29 Å². The number of aryl methyl sites for hydroxylation is 2. The molecular weight excluding hydrogens is 230 g/mol. The van der Waals surface area contributed by atoms with Crippen LogP contribution in [0.15, 0.2) is 18.2 Å². The molecule has 4 nitrogen and oxygen atoms in total. The fourth-order valence-electron chi connectivity index (χ4n) is 1.63. The van der Waals surface area contributed by atoms with E-state index in [1.54, 1.807) is 13.8 Å². The third-order valence-corrected chi connectivity index (χ3v) is 2.81. The quantitative estimate of drug-likeness (QED) is 0.645. The zero-order valence-corrected chi connectivity index (χ0v) is 11.6. The van der Waals surface area contributed by atoms with Gasteiger partial charge in [-0.25, -0.2) is 4.79 Å². The summed E-state index contributed by atoms with van der Waals surface area (Å²) in [5, 5.41) is 3.18. The Morgan fingerprint density at radius 2 is 1.78 bits per heavy atom. The molecule has 0 radical (unpaired) electrons. The molecule has 0 aliphatic heterocycles. The number of benzene rings is 1. The Labute approximate surface area is 108 Å². The molecule has 0 saturated heterocycles. The maximum Gasteiger partial charge on any atom is 0.330 e. The van der Waals surface area contributed by atoms with Crippen molar-refractivity contribution in [3.8, 4) is 0 Å². The first-order valence-electron chi connectivity index (χ1n) is 6.01. The van der Waals surface area contributed by atoms with Crippen molar-refractivity contribution in [2.75, 3.05) is 12.4 Å². The SMILES string of the molecule is COC(C)OC(=O)C(C)Nc1c(C)cccc1C. The van der Waals surface area contributed by atoms with Gasteiger partial charge in [0.2, 0.25) is 0 Å². The lowest BCUT2D eigenvalue weighted by Crippen LogP contribution is -2.31. The van der Waals surface area contributed by atoms with Gasteiger partial charge in [-0.1, -0.05) is 18.2 Å². The fraction of sp³-hybridized carbons (Fsp3) is 0.500. The number of para-hydroxylation sites is 1. The number of esters is 1. The van der Waals surface area contributed by atoms with Crippen molar-refractivity contribution < 1.29 is 14.3 Å². The van der Waals surface area contributed by atoms with Crippen LogP contribution in [-0.4, -0.2) is 25.4 Å². The van der Waals surface area contributed by atoms with Gasteiger partial charge in [-0.3, -0.25) is 0 Å². The van der Waals surface area contributed by atoms with E-state index in [9.17, 15) is 4.79 Å². The van der Waals surface area contributed by atoms with E-state index in [4.69, 9.17) is 9.47 Å². The lowest BCUT2D eigenvalue weighted by Gasteiger charge is -2.19. The third-order valence-electron chi connectivity index (χ3n) is 2.81. The highest BCUT2D eigenvalue weighted by molar-refractivity contribution is 5.79. The van der Waals surface area contributed by atoms with Crippen LogP contribution in [0.5, 0.6) is 0 Å². The van der Waals surface area contributed by atoms with Crippen LogP contribution in [-0.2, 0) is 14.3 Å². The van der Waals surface area contributed by atoms with Crippen LogP contribution in [0.25, 0.3) is 0 Å². The minimum Gasteiger partial charge on any atom is -0.435 e. The van der Waals surface area contributed by atoms with Gasteiger partial charge >= 0.3 is 5.97 Å². The predicted molar refractivity (Wildman–Crippen MR) is 71.6 cm³/mol. The average Bonchev–Trinajstić information content (AvgIpc) is 2.33. The summed E-state index contributed by atoms with van der Waals surface area (Å²) in [6.45, 7) is 7.47. The normalized spacial score (nSPS) is 13.8. The van der Waals surface area contributed by atoms with E-state index in [1.807, 2.05) is 32.0 Å². The van der Waals surface area contributed by atoms with E-state index in [-0.39, 0.29) is 5.97 Å². The number of carbonyl (C=O) groups is 1. The third kappa shape index (κ3) is 3.74. The van der Waals surface area contributed by atoms with Gasteiger partial charge in [0, 0.05) is 12.8 Å². The minimum atomic E-state index is -0.528. The van der Waals surface area contributed by atoms with Crippen molar-refractivity contribution in [3.05, 3.63) is 29.3 Å². The summed E-state index contributed by atoms with van der Waals surface area (Å²) in [4.78, 5) is 11.8. The molecule has 2 unspecified atom stereocenters. The number of anilines is 1. The summed E-state index contributed by atoms with van der Waals surface area (Å²) >= 11 is 0. The van der Waals surface area contributed by atoms with Crippen molar-refractivity contribution in [2.45, 2.75) is 40.0 Å². The van der Waals surface area contributed by atoms with E-state index in [2.05, 4.69) is 5.32 Å². The predicted octanol–water partition coefficient (Wildman–Crippen LogP) is 2.64. The first-order chi connectivity index (χ1) is 8.45. The molecule has 0 amide bonds. The molecule has 1 aromatic carbocycles. The molecule has 100 valence electrons. The fourth-order valence-corrected chi connectivity index (χ4v) is 1.63. The van der Waals surface area contributed by atoms with Crippen LogP contribution in [0, 0.1) is 13.8 Å². The Hall–Kier alpha value is -1.55. The largest absolute Gasteiger partial charge is 0.435 e. The minimum absolute atomic E-state index is 0.327. The number of hydrogen-bond donors (Lipinski definition) is 1. The second-order valence-corrected chi connectivity index (χ2v) is 4.37. The molecule has 18 heavy (non-hydrogen) atoms. The van der Waals surface area contributed by atoms with Crippen LogP contribution in [0.2, 0.25) is 0 Å². The molecule has 0 heterocycles. The van der Waals surface area contributed by atoms with Gasteiger partial charge in [0.1, 0.15) is 6.04 Å². The Bertz CT molecular complexity index is 397. The van der Waals surface area contributed by atoms with Crippen molar-refractivity contribution in [2.24, 2.45) is 0 Å². The molecule has 0 aromatic heterocycles. The lowest BCUT2D eigenvalue weighted by atomic mass is 10.1. The van der Waals surface area contributed by atoms with Gasteiger partial charge < -0.3 is 14.8 Å². The molecule has 2 atom stereocenters. The van der Waals surface area contributed by atoms with Gasteiger partial charge in [-0.05, 0) is 38.8 Å². The summed E-state index contributed by atoms with van der Waals surface area (Å²) in [5.41, 5.74) is 3.19. The maximum atomic E-state index is 11.8. The van der Waals surface area contributed by atoms with Crippen LogP contribution >= 0.6 is 0 Å². The van der Waals surface area contributed by atoms with E-state index in [0.717, 1.165) is 16.8 Å². The van der Waals surface area contributed by atoms with Gasteiger partial charge in [0.05, 0.1) is 0 Å². The molecule has 1 N–H and O–H groups in total. The number of nitrogens with one attached hydrogen (secondary N) is 1. The molecule has 0 spiro atoms. The zero-order chi connectivity index (χ0) is 13.7. The number of ether oxygens (including phenoxy) is 2. The molecule has 4 heteroatoms. The van der Waals surface area contributed by atoms with Crippen molar-refractivity contribution in [1.82, 2.24) is 0 Å². The number of rotatable bonds is 5. The van der Waals surface area contributed by atoms with Gasteiger partial charge in [-0.2, -0.15) is 0 Å². The van der Waals surface area contributed by atoms with E-state index in [1.165, 1.54) is 7.11 Å². The molecular formula is C14H21NO3. The summed E-state index contributed by atoms with van der Waals surface area (Å²) in [7, 11) is 1.50. The average molecular weight is 251 g/mol. The molecule has 0 bridgehead atoms. The topological polar surface area (TPSA) is 47.6 Å². The summed E-state index contributed by atoms with van der Waals surface area (Å²) in [5.74, 6) is -0.327. The van der Waals surface area contributed by atoms with E-state index in [0.29, 0.717) is 0 Å². The Balaban J connectivity index is 2.70. The molecule has 0 fully saturated rings. The lowest BCUT2D eigenvalue weighted by molar-refractivity contribution is -0.170. The van der Waals surface area contributed by atoms with Crippen LogP contribution in [0.4, 0.5) is 5.69 Å². The molecule has 0 saturated carbocycles. The first-order valence-corrected chi connectivity index (χ1v) is 6.01. The molecule has 0 aliphatic rings. The second kappa shape index (κ2) is 6.40. The van der Waals surface area contributed by atoms with Crippen LogP contribution in [0.3, 0.4) is 0 Å². The second-order valence-electron chi connectivity index (χ2n) is 4.37. The Morgan fingerprint density at radius 1 is 1.22 bits per heavy atom. The standard InChI is InChI=1S/C14H21NO3/c1-9-7-6-8-10(2)13(9)15-11(3)14(16)18-12(4)17-5/h6-8,11-12,15H,1-5H3. The van der Waals surface area contributed by atoms with Gasteiger partial charge in [0.25, 0.3) is 0 Å². The molecule has 0 aliphatic carbocycles. The number of methoxy groups -OCH3 is 1. The smallest absolute Gasteiger partial charge is 0.330 e. The first kappa shape index (κ1) is 14.5.